The summed E-state index contributed by atoms with van der Waals surface area (Å²) in [5, 5.41) is 0. The maximum Gasteiger partial charge on any atom is 0.0873 e. The van der Waals surface area contributed by atoms with Gasteiger partial charge in [0, 0.05) is 0 Å². The highest BCUT2D eigenvalue weighted by atomic mass is 16.6. The van der Waals surface area contributed by atoms with Gasteiger partial charge in [-0.2, -0.15) is 0 Å². The maximum atomic E-state index is 5.53. The van der Waals surface area contributed by atoms with Crippen molar-refractivity contribution in [1.29, 1.82) is 0 Å². The van der Waals surface area contributed by atoms with Crippen LogP contribution in [0.2, 0.25) is 0 Å². The zero-order valence-electron chi connectivity index (χ0n) is 6.40. The summed E-state index contributed by atoms with van der Waals surface area (Å²) in [5.74, 6) is 1.84. The fourth-order valence-electron chi connectivity index (χ4n) is 3.22. The van der Waals surface area contributed by atoms with Crippen molar-refractivity contribution in [3.8, 4) is 0 Å². The molecule has 4 fully saturated rings. The van der Waals surface area contributed by atoms with Crippen LogP contribution in [0.3, 0.4) is 0 Å². The minimum Gasteiger partial charge on any atom is -0.370 e. The zero-order valence-corrected chi connectivity index (χ0v) is 6.40. The second kappa shape index (κ2) is 1.50. The van der Waals surface area contributed by atoms with Gasteiger partial charge in [0.1, 0.15) is 0 Å². The van der Waals surface area contributed by atoms with Crippen LogP contribution in [0.15, 0.2) is 0 Å². The van der Waals surface area contributed by atoms with Crippen LogP contribution in [0.1, 0.15) is 19.3 Å². The van der Waals surface area contributed by atoms with Crippen LogP contribution in [-0.2, 0) is 9.47 Å². The highest BCUT2D eigenvalue weighted by Crippen LogP contribution is 2.56. The van der Waals surface area contributed by atoms with E-state index >= 15 is 0 Å². The van der Waals surface area contributed by atoms with E-state index in [0.717, 1.165) is 11.8 Å². The number of epoxide rings is 2. The molecule has 4 rings (SSSR count). The molecule has 2 saturated carbocycles. The number of rotatable bonds is 0. The quantitative estimate of drug-likeness (QED) is 0.483. The third kappa shape index (κ3) is 0.611. The second-order valence-corrected chi connectivity index (χ2v) is 4.48. The molecule has 60 valence electrons. The van der Waals surface area contributed by atoms with Gasteiger partial charge in [0.2, 0.25) is 0 Å². The summed E-state index contributed by atoms with van der Waals surface area (Å²) in [5.41, 5.74) is 0. The van der Waals surface area contributed by atoms with Crippen molar-refractivity contribution >= 4 is 0 Å². The molecule has 0 aromatic heterocycles. The predicted octanol–water partition coefficient (Wildman–Crippen LogP) is 0.951. The average molecular weight is 152 g/mol. The van der Waals surface area contributed by atoms with Crippen LogP contribution < -0.4 is 0 Å². The van der Waals surface area contributed by atoms with Crippen molar-refractivity contribution in [2.45, 2.75) is 43.7 Å². The van der Waals surface area contributed by atoms with Crippen LogP contribution in [0.25, 0.3) is 0 Å². The molecule has 2 nitrogen and oxygen atoms in total. The van der Waals surface area contributed by atoms with Crippen molar-refractivity contribution in [3.63, 3.8) is 0 Å². The van der Waals surface area contributed by atoms with Crippen molar-refractivity contribution in [1.82, 2.24) is 0 Å². The molecular formula is C9H12O2. The maximum absolute atomic E-state index is 5.53. The number of ether oxygens (including phenoxy) is 2. The van der Waals surface area contributed by atoms with Crippen molar-refractivity contribution in [2.24, 2.45) is 11.8 Å². The topological polar surface area (TPSA) is 25.1 Å². The van der Waals surface area contributed by atoms with Gasteiger partial charge in [-0.25, -0.2) is 0 Å². The molecule has 4 aliphatic rings. The molecule has 2 aliphatic heterocycles. The van der Waals surface area contributed by atoms with Crippen LogP contribution in [0.5, 0.6) is 0 Å². The molecule has 0 unspecified atom stereocenters. The van der Waals surface area contributed by atoms with Gasteiger partial charge >= 0.3 is 0 Å². The molecule has 6 atom stereocenters. The van der Waals surface area contributed by atoms with E-state index in [1.807, 2.05) is 0 Å². The second-order valence-electron chi connectivity index (χ2n) is 4.48. The lowest BCUT2D eigenvalue weighted by atomic mass is 9.81. The van der Waals surface area contributed by atoms with Crippen LogP contribution in [0, 0.1) is 11.8 Å². The van der Waals surface area contributed by atoms with Gasteiger partial charge in [-0.15, -0.1) is 0 Å². The molecular weight excluding hydrogens is 140 g/mol. The molecule has 0 N–H and O–H groups in total. The smallest absolute Gasteiger partial charge is 0.0873 e. The summed E-state index contributed by atoms with van der Waals surface area (Å²) in [6.07, 6.45) is 6.60. The lowest BCUT2D eigenvalue weighted by Gasteiger charge is -2.23. The fraction of sp³-hybridized carbons (Fsp3) is 1.00. The predicted molar refractivity (Wildman–Crippen MR) is 38.2 cm³/mol. The Morgan fingerprint density at radius 2 is 1.64 bits per heavy atom. The zero-order chi connectivity index (χ0) is 7.00. The van der Waals surface area contributed by atoms with Gasteiger partial charge in [-0.1, -0.05) is 0 Å². The van der Waals surface area contributed by atoms with E-state index in [0.29, 0.717) is 24.4 Å². The Morgan fingerprint density at radius 1 is 0.818 bits per heavy atom. The Bertz CT molecular complexity index is 216. The SMILES string of the molecule is C1[C@@H]2C[C@H]3O[C@@H]3C[C@H]2[C@H]2O[C@@H]12. The van der Waals surface area contributed by atoms with E-state index in [1.165, 1.54) is 19.3 Å². The lowest BCUT2D eigenvalue weighted by molar-refractivity contribution is 0.171. The van der Waals surface area contributed by atoms with Crippen LogP contribution >= 0.6 is 0 Å². The molecule has 0 radical (unpaired) electrons. The first kappa shape index (κ1) is 5.55. The Hall–Kier alpha value is -0.0800. The van der Waals surface area contributed by atoms with Gasteiger partial charge in [-0.05, 0) is 31.1 Å². The summed E-state index contributed by atoms with van der Waals surface area (Å²) < 4.78 is 11.1. The highest BCUT2D eigenvalue weighted by Gasteiger charge is 2.61. The van der Waals surface area contributed by atoms with Crippen LogP contribution in [-0.4, -0.2) is 24.4 Å². The van der Waals surface area contributed by atoms with Crippen molar-refractivity contribution in [2.75, 3.05) is 0 Å². The normalized spacial score (nSPS) is 69.8. The average Bonchev–Trinajstić information content (AvgIpc) is 2.84. The summed E-state index contributed by atoms with van der Waals surface area (Å²) >= 11 is 0. The first-order valence-corrected chi connectivity index (χ1v) is 4.73. The Balaban J connectivity index is 1.65. The third-order valence-electron chi connectivity index (χ3n) is 3.91. The molecule has 0 amide bonds. The summed E-state index contributed by atoms with van der Waals surface area (Å²) in [6.45, 7) is 0. The molecule has 0 bridgehead atoms. The van der Waals surface area contributed by atoms with E-state index < -0.39 is 0 Å². The number of hydrogen-bond donors (Lipinski definition) is 0. The number of hydrogen-bond acceptors (Lipinski definition) is 2. The van der Waals surface area contributed by atoms with Gasteiger partial charge in [-0.3, -0.25) is 0 Å². The minimum atomic E-state index is 0.638. The molecule has 0 aromatic carbocycles. The highest BCUT2D eigenvalue weighted by molar-refractivity contribution is 5.09. The third-order valence-corrected chi connectivity index (χ3v) is 3.91. The van der Waals surface area contributed by atoms with Crippen molar-refractivity contribution in [3.05, 3.63) is 0 Å². The fourth-order valence-corrected chi connectivity index (χ4v) is 3.22. The van der Waals surface area contributed by atoms with E-state index in [4.69, 9.17) is 9.47 Å². The monoisotopic (exact) mass is 152 g/mol. The standard InChI is InChI=1S/C9H12O2/c1-4-2-8-9(11-8)5(4)3-7-6(1)10-7/h4-9H,1-3H2/t4-,5+,6+,7+,8-,9+/m0/s1. The Labute approximate surface area is 65.9 Å². The van der Waals surface area contributed by atoms with Gasteiger partial charge in [0.15, 0.2) is 0 Å². The summed E-state index contributed by atoms with van der Waals surface area (Å²) in [7, 11) is 0. The van der Waals surface area contributed by atoms with Crippen molar-refractivity contribution < 1.29 is 9.47 Å². The van der Waals surface area contributed by atoms with Crippen LogP contribution in [0.4, 0.5) is 0 Å². The Kier molecular flexibility index (Phi) is 0.758. The number of fused-ring (bicyclic) bond motifs is 4. The van der Waals surface area contributed by atoms with E-state index in [2.05, 4.69) is 0 Å². The van der Waals surface area contributed by atoms with E-state index in [-0.39, 0.29) is 0 Å². The largest absolute Gasteiger partial charge is 0.370 e. The summed E-state index contributed by atoms with van der Waals surface area (Å²) in [4.78, 5) is 0. The first-order chi connectivity index (χ1) is 5.42. The molecule has 11 heavy (non-hydrogen) atoms. The van der Waals surface area contributed by atoms with Gasteiger partial charge in [0.05, 0.1) is 24.4 Å². The molecule has 0 spiro atoms. The molecule has 2 heteroatoms. The van der Waals surface area contributed by atoms with Gasteiger partial charge in [0.25, 0.3) is 0 Å². The lowest BCUT2D eigenvalue weighted by Crippen LogP contribution is -2.24. The Morgan fingerprint density at radius 3 is 2.64 bits per heavy atom. The van der Waals surface area contributed by atoms with E-state index in [9.17, 15) is 0 Å². The molecule has 0 aromatic rings. The van der Waals surface area contributed by atoms with E-state index in [1.54, 1.807) is 0 Å². The summed E-state index contributed by atoms with van der Waals surface area (Å²) in [6, 6.07) is 0. The molecule has 2 aliphatic carbocycles. The first-order valence-electron chi connectivity index (χ1n) is 4.73. The molecule has 2 heterocycles. The molecule has 2 saturated heterocycles. The van der Waals surface area contributed by atoms with Gasteiger partial charge < -0.3 is 9.47 Å². The minimum absolute atomic E-state index is 0.638.